The van der Waals surface area contributed by atoms with E-state index in [1.54, 1.807) is 0 Å². The van der Waals surface area contributed by atoms with Crippen LogP contribution in [0.4, 0.5) is 17.1 Å². The fraction of sp³-hybridized carbons (Fsp3) is 0.263. The van der Waals surface area contributed by atoms with Crippen LogP contribution < -0.4 is 8.97 Å². The van der Waals surface area contributed by atoms with Gasteiger partial charge in [0.15, 0.2) is 18.0 Å². The summed E-state index contributed by atoms with van der Waals surface area (Å²) in [4.78, 5) is 5.04. The molecule has 0 aliphatic carbocycles. The summed E-state index contributed by atoms with van der Waals surface area (Å²) in [7, 11) is 2.35. The molecule has 1 saturated heterocycles. The number of nitrogens with zero attached hydrogens (tertiary/aromatic N) is 4. The molecule has 0 spiro atoms. The van der Waals surface area contributed by atoms with Crippen LogP contribution in [0.3, 0.4) is 0 Å². The number of pyridine rings is 1. The van der Waals surface area contributed by atoms with Crippen LogP contribution in [0.25, 0.3) is 27.6 Å². The molecule has 0 amide bonds. The molecule has 11 rings (SSSR count). The molecule has 0 saturated carbocycles. The Morgan fingerprint density at radius 1 is 0.548 bits per heavy atom. The van der Waals surface area contributed by atoms with Crippen LogP contribution in [0.5, 0.6) is 0 Å². The van der Waals surface area contributed by atoms with Crippen molar-refractivity contribution >= 4 is 38.9 Å². The molecule has 2 bridgehead atoms. The molecule has 3 aliphatic rings. The smallest absolute Gasteiger partial charge is 0.179 e. The molecule has 2 atom stereocenters. The number of quaternary nitrogens is 2. The Bertz CT molecular complexity index is 2950. The predicted molar refractivity (Wildman–Crippen MR) is 255 cm³/mol. The van der Waals surface area contributed by atoms with Gasteiger partial charge in [0.05, 0.1) is 13.7 Å². The molecule has 0 unspecified atom stereocenters. The van der Waals surface area contributed by atoms with Crippen LogP contribution in [0.2, 0.25) is 0 Å². The third-order valence-electron chi connectivity index (χ3n) is 13.6. The number of benzene rings is 6. The average molecular weight is 993 g/mol. The maximum absolute atomic E-state index is 5.04. The van der Waals surface area contributed by atoms with Crippen molar-refractivity contribution in [2.24, 2.45) is 0 Å². The van der Waals surface area contributed by atoms with Gasteiger partial charge in [-0.2, -0.15) is 24.3 Å². The quantitative estimate of drug-likeness (QED) is 0.0922. The number of fused-ring (bicyclic) bond motifs is 3. The molecule has 0 radical (unpaired) electrons. The molecule has 5 heteroatoms. The van der Waals surface area contributed by atoms with Gasteiger partial charge in [0.2, 0.25) is 0 Å². The van der Waals surface area contributed by atoms with E-state index >= 15 is 0 Å². The molecule has 1 fully saturated rings. The zero-order valence-electron chi connectivity index (χ0n) is 37.7. The van der Waals surface area contributed by atoms with Crippen molar-refractivity contribution < 1.29 is 21.1 Å². The van der Waals surface area contributed by atoms with Crippen LogP contribution in [0.1, 0.15) is 101 Å². The second-order valence-corrected chi connectivity index (χ2v) is 20.9. The number of para-hydroxylation sites is 1. The van der Waals surface area contributed by atoms with Gasteiger partial charge in [-0.1, -0.05) is 153 Å². The number of hydrogen-bond acceptors (Lipinski definition) is 1. The average Bonchev–Trinajstić information content (AvgIpc) is 3.79. The summed E-state index contributed by atoms with van der Waals surface area (Å²) in [5.74, 6) is 0.897. The minimum atomic E-state index is -0.786. The summed E-state index contributed by atoms with van der Waals surface area (Å²) < 4.78 is 3.80. The van der Waals surface area contributed by atoms with Gasteiger partial charge in [-0.3, -0.25) is 0 Å². The first-order chi connectivity index (χ1) is 28.9. The molecular weight excluding hydrogens is 936 g/mol. The summed E-state index contributed by atoms with van der Waals surface area (Å²) in [6.07, 6.45) is 1.96. The fourth-order valence-corrected chi connectivity index (χ4v) is 10.2. The number of rotatable bonds is 6. The Kier molecular flexibility index (Phi) is 9.84. The van der Waals surface area contributed by atoms with E-state index in [1.165, 1.54) is 50.3 Å². The Morgan fingerprint density at radius 3 is 1.77 bits per heavy atom. The SMILES string of the molecule is CC(C)(C)c1cc(C(c2[c-]c3c(cc2)c2ccccc2n3-c2cc(C(C)(C)C)ccn2)(c2ccccc2)c2ccccc2)[c-]c([N@@+]23[CH-][N@@+](C)(C2)c2ccc(C(C)(C)C)cc23)c1.[Pt]. The molecule has 3 aliphatic heterocycles. The van der Waals surface area contributed by atoms with Crippen molar-refractivity contribution in [3.8, 4) is 5.82 Å². The molecule has 8 aromatic rings. The second-order valence-electron chi connectivity index (χ2n) is 20.9. The largest absolute Gasteiger partial charge is 0.325 e. The van der Waals surface area contributed by atoms with Gasteiger partial charge < -0.3 is 13.5 Å². The van der Waals surface area contributed by atoms with Gasteiger partial charge in [0.25, 0.3) is 0 Å². The Balaban J connectivity index is 0.00000490. The van der Waals surface area contributed by atoms with Gasteiger partial charge in [-0.25, -0.2) is 4.98 Å². The van der Waals surface area contributed by atoms with E-state index in [0.29, 0.717) is 4.48 Å². The topological polar surface area (TPSA) is 17.8 Å². The summed E-state index contributed by atoms with van der Waals surface area (Å²) in [5, 5.41) is 2.34. The van der Waals surface area contributed by atoms with Crippen LogP contribution in [-0.2, 0) is 42.7 Å². The van der Waals surface area contributed by atoms with Crippen molar-refractivity contribution in [1.29, 1.82) is 0 Å². The molecule has 5 heterocycles. The first-order valence-electron chi connectivity index (χ1n) is 21.8. The van der Waals surface area contributed by atoms with Gasteiger partial charge in [0.1, 0.15) is 5.82 Å². The second kappa shape index (κ2) is 14.5. The zero-order valence-corrected chi connectivity index (χ0v) is 40.0. The van der Waals surface area contributed by atoms with E-state index in [0.717, 1.165) is 44.5 Å². The fourth-order valence-electron chi connectivity index (χ4n) is 10.2. The van der Waals surface area contributed by atoms with Gasteiger partial charge in [-0.15, -0.1) is 34.2 Å². The summed E-state index contributed by atoms with van der Waals surface area (Å²) >= 11 is 0. The maximum Gasteiger partial charge on any atom is 0.179 e. The third-order valence-corrected chi connectivity index (χ3v) is 13.6. The van der Waals surface area contributed by atoms with Gasteiger partial charge in [0, 0.05) is 56.0 Å². The van der Waals surface area contributed by atoms with Crippen molar-refractivity contribution in [3.05, 3.63) is 203 Å². The summed E-state index contributed by atoms with van der Waals surface area (Å²) in [6, 6.07) is 60.4. The molecule has 4 nitrogen and oxygen atoms in total. The molecule has 316 valence electrons. The minimum Gasteiger partial charge on any atom is -0.325 e. The number of hydrogen-bond donors (Lipinski definition) is 0. The Hall–Kier alpha value is -5.12. The van der Waals surface area contributed by atoms with E-state index in [4.69, 9.17) is 4.98 Å². The molecule has 2 aromatic heterocycles. The van der Waals surface area contributed by atoms with Gasteiger partial charge in [-0.05, 0) is 62.1 Å². The monoisotopic (exact) mass is 992 g/mol. The van der Waals surface area contributed by atoms with Crippen LogP contribution in [0.15, 0.2) is 146 Å². The standard InChI is InChI=1S/C57H57N4.Pt/c1-54(2,3)41-26-28-51-52(35-41)61(37-60(51,10)38-61)46-32-44(56(7,8)9)31-45(33-46)57(39-19-13-11-14-20-39,40-21-15-12-16-22-40)43-25-27-48-47-23-17-18-24-49(47)59(50(48)34-43)53-36-42(29-30-58-53)55(4,5)6;/h11-32,35-37H,38H2,1-10H3;/q-1;/t60-,61+;/m0./s1. The van der Waals surface area contributed by atoms with E-state index in [-0.39, 0.29) is 37.3 Å². The third kappa shape index (κ3) is 6.39. The Labute approximate surface area is 383 Å². The maximum atomic E-state index is 5.04. The normalized spacial score (nSPS) is 18.7. The van der Waals surface area contributed by atoms with Crippen LogP contribution in [-0.4, -0.2) is 23.3 Å². The minimum absolute atomic E-state index is 0. The molecule has 0 N–H and O–H groups in total. The van der Waals surface area contributed by atoms with E-state index in [2.05, 4.69) is 232 Å². The van der Waals surface area contributed by atoms with Crippen molar-refractivity contribution in [2.75, 3.05) is 13.7 Å². The number of aromatic nitrogens is 2. The van der Waals surface area contributed by atoms with E-state index < -0.39 is 5.41 Å². The first-order valence-corrected chi connectivity index (χ1v) is 21.8. The van der Waals surface area contributed by atoms with Gasteiger partial charge >= 0.3 is 0 Å². The van der Waals surface area contributed by atoms with Crippen LogP contribution >= 0.6 is 0 Å². The van der Waals surface area contributed by atoms with Crippen molar-refractivity contribution in [1.82, 2.24) is 18.5 Å². The molecule has 6 aromatic carbocycles. The van der Waals surface area contributed by atoms with Crippen molar-refractivity contribution in [2.45, 2.75) is 84.0 Å². The first kappa shape index (κ1) is 42.2. The predicted octanol–water partition coefficient (Wildman–Crippen LogP) is 13.7. The van der Waals surface area contributed by atoms with Crippen LogP contribution in [0, 0.1) is 18.8 Å². The molecular formula is C57H57N4Pt-. The summed E-state index contributed by atoms with van der Waals surface area (Å²) in [6.45, 7) is 24.2. The van der Waals surface area contributed by atoms with E-state index in [1.807, 2.05) is 6.20 Å². The Morgan fingerprint density at radius 2 is 1.15 bits per heavy atom. The summed E-state index contributed by atoms with van der Waals surface area (Å²) in [5.41, 5.74) is 13.5. The zero-order chi connectivity index (χ0) is 42.7. The van der Waals surface area contributed by atoms with E-state index in [9.17, 15) is 0 Å². The molecule has 62 heavy (non-hydrogen) atoms. The van der Waals surface area contributed by atoms with Crippen molar-refractivity contribution in [3.63, 3.8) is 0 Å².